The number of rotatable bonds is 5. The van der Waals surface area contributed by atoms with E-state index in [9.17, 15) is 0 Å². The third-order valence-corrected chi connectivity index (χ3v) is 4.40. The van der Waals surface area contributed by atoms with Crippen molar-refractivity contribution in [3.63, 3.8) is 0 Å². The zero-order chi connectivity index (χ0) is 16.5. The summed E-state index contributed by atoms with van der Waals surface area (Å²) in [5.41, 5.74) is 0.917. The largest absolute Gasteiger partial charge is 0.459 e. The molecule has 0 saturated carbocycles. The summed E-state index contributed by atoms with van der Waals surface area (Å²) in [5.74, 6) is 4.04. The number of aryl methyl sites for hydroxylation is 3. The van der Waals surface area contributed by atoms with Crippen molar-refractivity contribution in [3.05, 3.63) is 41.5 Å². The van der Waals surface area contributed by atoms with E-state index in [-0.39, 0.29) is 0 Å². The van der Waals surface area contributed by atoms with Gasteiger partial charge < -0.3 is 14.2 Å². The summed E-state index contributed by atoms with van der Waals surface area (Å²) in [6.45, 7) is 5.54. The first kappa shape index (κ1) is 15.1. The molecule has 0 aliphatic carbocycles. The zero-order valence-corrected chi connectivity index (χ0v) is 14.0. The standard InChI is InChI=1S/C17H21N5O2/c1-3-15-20-16-7-6-12(10-22(16)21-15)18-9-13-11(2)24-17(19-13)14-5-4-8-23-14/h4-5,8,12,18H,3,6-7,9-10H2,1-2H3. The van der Waals surface area contributed by atoms with Crippen LogP contribution in [0.4, 0.5) is 0 Å². The third kappa shape index (κ3) is 2.87. The zero-order valence-electron chi connectivity index (χ0n) is 14.0. The molecule has 126 valence electrons. The fourth-order valence-corrected chi connectivity index (χ4v) is 3.02. The van der Waals surface area contributed by atoms with Gasteiger partial charge in [0.25, 0.3) is 5.89 Å². The molecule has 1 aliphatic heterocycles. The van der Waals surface area contributed by atoms with E-state index < -0.39 is 0 Å². The molecular formula is C17H21N5O2. The van der Waals surface area contributed by atoms with E-state index in [0.29, 0.717) is 24.2 Å². The summed E-state index contributed by atoms with van der Waals surface area (Å²) in [6.07, 6.45) is 4.52. The highest BCUT2D eigenvalue weighted by Gasteiger charge is 2.22. The Labute approximate surface area is 140 Å². The van der Waals surface area contributed by atoms with E-state index in [2.05, 4.69) is 27.3 Å². The molecule has 0 aromatic carbocycles. The topological polar surface area (TPSA) is 81.9 Å². The van der Waals surface area contributed by atoms with Crippen LogP contribution in [0.15, 0.2) is 27.2 Å². The Morgan fingerprint density at radius 1 is 1.38 bits per heavy atom. The average Bonchev–Trinajstić information content (AvgIpc) is 3.31. The van der Waals surface area contributed by atoms with Crippen molar-refractivity contribution in [2.45, 2.75) is 52.2 Å². The minimum atomic E-state index is 0.368. The highest BCUT2D eigenvalue weighted by molar-refractivity contribution is 5.44. The smallest absolute Gasteiger partial charge is 0.263 e. The highest BCUT2D eigenvalue weighted by atomic mass is 16.4. The predicted molar refractivity (Wildman–Crippen MR) is 87.3 cm³/mol. The first-order valence-electron chi connectivity index (χ1n) is 8.39. The van der Waals surface area contributed by atoms with Gasteiger partial charge in [-0.2, -0.15) is 5.10 Å². The molecule has 7 nitrogen and oxygen atoms in total. The Morgan fingerprint density at radius 3 is 3.08 bits per heavy atom. The second kappa shape index (κ2) is 6.24. The van der Waals surface area contributed by atoms with Crippen LogP contribution in [0.2, 0.25) is 0 Å². The lowest BCUT2D eigenvalue weighted by atomic mass is 10.1. The van der Waals surface area contributed by atoms with Crippen LogP contribution in [0, 0.1) is 6.92 Å². The monoisotopic (exact) mass is 327 g/mol. The Kier molecular flexibility index (Phi) is 3.93. The van der Waals surface area contributed by atoms with Crippen LogP contribution in [0.25, 0.3) is 11.7 Å². The molecule has 0 saturated heterocycles. The molecule has 0 spiro atoms. The number of hydrogen-bond acceptors (Lipinski definition) is 6. The molecule has 1 unspecified atom stereocenters. The molecule has 0 fully saturated rings. The molecule has 4 rings (SSSR count). The summed E-state index contributed by atoms with van der Waals surface area (Å²) in [5, 5.41) is 8.11. The fraction of sp³-hybridized carbons (Fsp3) is 0.471. The number of aromatic nitrogens is 4. The van der Waals surface area contributed by atoms with Gasteiger partial charge in [0.2, 0.25) is 0 Å². The van der Waals surface area contributed by atoms with Crippen molar-refractivity contribution < 1.29 is 8.83 Å². The predicted octanol–water partition coefficient (Wildman–Crippen LogP) is 2.50. The highest BCUT2D eigenvalue weighted by Crippen LogP contribution is 2.22. The SMILES string of the molecule is CCc1nc2n(n1)CC(NCc1nc(-c3ccco3)oc1C)CC2. The first-order chi connectivity index (χ1) is 11.7. The minimum absolute atomic E-state index is 0.368. The summed E-state index contributed by atoms with van der Waals surface area (Å²) < 4.78 is 13.1. The van der Waals surface area contributed by atoms with Crippen LogP contribution in [0.5, 0.6) is 0 Å². The molecule has 24 heavy (non-hydrogen) atoms. The van der Waals surface area contributed by atoms with Crippen molar-refractivity contribution in [1.82, 2.24) is 25.1 Å². The van der Waals surface area contributed by atoms with Crippen LogP contribution in [0.1, 0.15) is 36.4 Å². The van der Waals surface area contributed by atoms with Crippen LogP contribution >= 0.6 is 0 Å². The lowest BCUT2D eigenvalue weighted by Gasteiger charge is -2.23. The van der Waals surface area contributed by atoms with Crippen molar-refractivity contribution in [2.75, 3.05) is 0 Å². The van der Waals surface area contributed by atoms with E-state index in [0.717, 1.165) is 48.9 Å². The van der Waals surface area contributed by atoms with Gasteiger partial charge in [0.05, 0.1) is 18.5 Å². The summed E-state index contributed by atoms with van der Waals surface area (Å²) in [6, 6.07) is 4.04. The average molecular weight is 327 g/mol. The molecule has 1 aliphatic rings. The van der Waals surface area contributed by atoms with Crippen LogP contribution in [-0.2, 0) is 25.9 Å². The van der Waals surface area contributed by atoms with Gasteiger partial charge in [-0.1, -0.05) is 6.92 Å². The van der Waals surface area contributed by atoms with E-state index in [1.165, 1.54) is 0 Å². The van der Waals surface area contributed by atoms with E-state index in [1.54, 1.807) is 6.26 Å². The fourth-order valence-electron chi connectivity index (χ4n) is 3.02. The quantitative estimate of drug-likeness (QED) is 0.775. The third-order valence-electron chi connectivity index (χ3n) is 4.40. The molecule has 0 bridgehead atoms. The normalized spacial score (nSPS) is 17.2. The minimum Gasteiger partial charge on any atom is -0.459 e. The van der Waals surface area contributed by atoms with Gasteiger partial charge in [0.15, 0.2) is 11.6 Å². The Hall–Kier alpha value is -2.41. The number of hydrogen-bond donors (Lipinski definition) is 1. The molecule has 1 atom stereocenters. The van der Waals surface area contributed by atoms with Crippen LogP contribution < -0.4 is 5.32 Å². The Morgan fingerprint density at radius 2 is 2.29 bits per heavy atom. The van der Waals surface area contributed by atoms with Crippen molar-refractivity contribution in [3.8, 4) is 11.7 Å². The summed E-state index contributed by atoms with van der Waals surface area (Å²) in [4.78, 5) is 9.09. The number of nitrogens with one attached hydrogen (secondary N) is 1. The number of furan rings is 1. The maximum Gasteiger partial charge on any atom is 0.263 e. The molecular weight excluding hydrogens is 306 g/mol. The molecule has 1 N–H and O–H groups in total. The molecule has 7 heteroatoms. The first-order valence-corrected chi connectivity index (χ1v) is 8.39. The van der Waals surface area contributed by atoms with Gasteiger partial charge in [-0.05, 0) is 25.5 Å². The van der Waals surface area contributed by atoms with Crippen molar-refractivity contribution in [1.29, 1.82) is 0 Å². The maximum absolute atomic E-state index is 5.70. The van der Waals surface area contributed by atoms with E-state index >= 15 is 0 Å². The van der Waals surface area contributed by atoms with Crippen LogP contribution in [-0.4, -0.2) is 25.8 Å². The summed E-state index contributed by atoms with van der Waals surface area (Å²) in [7, 11) is 0. The number of fused-ring (bicyclic) bond motifs is 1. The summed E-state index contributed by atoms with van der Waals surface area (Å²) >= 11 is 0. The maximum atomic E-state index is 5.70. The number of nitrogens with zero attached hydrogens (tertiary/aromatic N) is 4. The van der Waals surface area contributed by atoms with Gasteiger partial charge >= 0.3 is 0 Å². The van der Waals surface area contributed by atoms with Gasteiger partial charge in [0.1, 0.15) is 11.6 Å². The molecule has 3 aromatic heterocycles. The molecule has 0 radical (unpaired) electrons. The second-order valence-corrected chi connectivity index (χ2v) is 6.10. The van der Waals surface area contributed by atoms with Crippen molar-refractivity contribution >= 4 is 0 Å². The lowest BCUT2D eigenvalue weighted by molar-refractivity contribution is 0.355. The van der Waals surface area contributed by atoms with Gasteiger partial charge in [-0.25, -0.2) is 14.6 Å². The van der Waals surface area contributed by atoms with Gasteiger partial charge in [0, 0.05) is 25.4 Å². The van der Waals surface area contributed by atoms with Crippen LogP contribution in [0.3, 0.4) is 0 Å². The molecule has 0 amide bonds. The van der Waals surface area contributed by atoms with Gasteiger partial charge in [-0.3, -0.25) is 0 Å². The molecule has 4 heterocycles. The Bertz CT molecular complexity index is 818. The Balaban J connectivity index is 1.41. The van der Waals surface area contributed by atoms with Gasteiger partial charge in [-0.15, -0.1) is 0 Å². The lowest BCUT2D eigenvalue weighted by Crippen LogP contribution is -2.37. The van der Waals surface area contributed by atoms with E-state index in [4.69, 9.17) is 8.83 Å². The van der Waals surface area contributed by atoms with Crippen molar-refractivity contribution in [2.24, 2.45) is 0 Å². The molecule has 3 aromatic rings. The van der Waals surface area contributed by atoms with E-state index in [1.807, 2.05) is 23.7 Å². The second-order valence-electron chi connectivity index (χ2n) is 6.10. The number of oxazole rings is 1.